The maximum Gasteiger partial charge on any atom is 0.450 e. The van der Waals surface area contributed by atoms with E-state index >= 15 is 0 Å². The molecule has 0 rings (SSSR count). The van der Waals surface area contributed by atoms with E-state index in [1.165, 1.54) is 0 Å². The van der Waals surface area contributed by atoms with Crippen LogP contribution in [0.2, 0.25) is 0 Å². The van der Waals surface area contributed by atoms with Crippen LogP contribution in [0.1, 0.15) is 0 Å². The summed E-state index contributed by atoms with van der Waals surface area (Å²) in [7, 11) is 0. The molecule has 0 saturated heterocycles. The Hall–Kier alpha value is -0.870. The lowest BCUT2D eigenvalue weighted by atomic mass is 10.4. The van der Waals surface area contributed by atoms with Crippen LogP contribution < -0.4 is 5.32 Å². The highest BCUT2D eigenvalue weighted by Gasteiger charge is 2.06. The molecule has 1 atom stereocenters. The Morgan fingerprint density at radius 3 is 2.56 bits per heavy atom. The molecule has 0 bridgehead atoms. The molecule has 1 radical (unpaired) electrons. The van der Waals surface area contributed by atoms with E-state index in [0.29, 0.717) is 0 Å². The van der Waals surface area contributed by atoms with Gasteiger partial charge in [0.25, 0.3) is 0 Å². The second-order valence-electron chi connectivity index (χ2n) is 1.42. The van der Waals surface area contributed by atoms with Gasteiger partial charge in [-0.2, -0.15) is 0 Å². The number of halogens is 2. The smallest absolute Gasteiger partial charge is 0.315 e. The first-order valence-corrected chi connectivity index (χ1v) is 2.31. The van der Waals surface area contributed by atoms with Crippen LogP contribution in [0.15, 0.2) is 0 Å². The minimum Gasteiger partial charge on any atom is -0.315 e. The molecule has 0 aliphatic carbocycles. The Balaban J connectivity index is 3.16. The first kappa shape index (κ1) is 8.13. The summed E-state index contributed by atoms with van der Waals surface area (Å²) in [6, 6.07) is 0. The van der Waals surface area contributed by atoms with Gasteiger partial charge in [-0.15, -0.1) is 0 Å². The van der Waals surface area contributed by atoms with Gasteiger partial charge >= 0.3 is 6.09 Å². The standard InChI is InChI=1S/C4H6F2NO2/c5-1-3(6)2-7-4(8)9/h3,7H,1-2H2. The molecule has 53 valence electrons. The summed E-state index contributed by atoms with van der Waals surface area (Å²) in [6.07, 6.45) is -3.35. The van der Waals surface area contributed by atoms with Gasteiger partial charge < -0.3 is 5.32 Å². The van der Waals surface area contributed by atoms with Crippen molar-refractivity contribution in [1.29, 1.82) is 0 Å². The number of carbonyl (C=O) groups excluding carboxylic acids is 1. The number of amides is 1. The molecule has 0 aromatic rings. The van der Waals surface area contributed by atoms with Crippen molar-refractivity contribution in [2.75, 3.05) is 13.2 Å². The summed E-state index contributed by atoms with van der Waals surface area (Å²) in [6.45, 7) is -1.72. The highest BCUT2D eigenvalue weighted by molar-refractivity contribution is 5.63. The van der Waals surface area contributed by atoms with Crippen molar-refractivity contribution in [3.05, 3.63) is 0 Å². The van der Waals surface area contributed by atoms with E-state index in [9.17, 15) is 18.7 Å². The summed E-state index contributed by atoms with van der Waals surface area (Å²) in [5.41, 5.74) is 0. The average Bonchev–Trinajstić information content (AvgIpc) is 1.83. The molecule has 1 unspecified atom stereocenters. The number of rotatable bonds is 3. The Morgan fingerprint density at radius 1 is 1.67 bits per heavy atom. The number of nitrogens with one attached hydrogen (secondary N) is 1. The zero-order valence-corrected chi connectivity index (χ0v) is 4.56. The van der Waals surface area contributed by atoms with Crippen LogP contribution >= 0.6 is 0 Å². The van der Waals surface area contributed by atoms with E-state index in [2.05, 4.69) is 0 Å². The van der Waals surface area contributed by atoms with Gasteiger partial charge in [-0.05, 0) is 0 Å². The van der Waals surface area contributed by atoms with Gasteiger partial charge in [0.05, 0.1) is 6.54 Å². The Morgan fingerprint density at radius 2 is 2.22 bits per heavy atom. The van der Waals surface area contributed by atoms with Crippen LogP contribution in [0, 0.1) is 0 Å². The second-order valence-corrected chi connectivity index (χ2v) is 1.42. The quantitative estimate of drug-likeness (QED) is 0.604. The highest BCUT2D eigenvalue weighted by atomic mass is 19.2. The second kappa shape index (κ2) is 4.05. The van der Waals surface area contributed by atoms with E-state index in [4.69, 9.17) is 0 Å². The summed E-state index contributed by atoms with van der Waals surface area (Å²) in [5.74, 6) is 0. The van der Waals surface area contributed by atoms with Crippen LogP contribution in [-0.4, -0.2) is 25.5 Å². The van der Waals surface area contributed by atoms with Gasteiger partial charge in [0.15, 0.2) is 0 Å². The highest BCUT2D eigenvalue weighted by Crippen LogP contribution is 1.87. The lowest BCUT2D eigenvalue weighted by Gasteiger charge is -1.99. The molecule has 5 heteroatoms. The predicted octanol–water partition coefficient (Wildman–Crippen LogP) is 0.434. The maximum atomic E-state index is 11.8. The molecule has 0 saturated carbocycles. The number of alkyl halides is 2. The summed E-state index contributed by atoms with van der Waals surface area (Å²) >= 11 is 0. The SMILES string of the molecule is [O]C(=O)NCC(F)CF. The third-order valence-corrected chi connectivity index (χ3v) is 0.635. The monoisotopic (exact) mass is 138 g/mol. The van der Waals surface area contributed by atoms with Crippen LogP contribution in [0.25, 0.3) is 0 Å². The average molecular weight is 138 g/mol. The van der Waals surface area contributed by atoms with Crippen molar-refractivity contribution < 1.29 is 18.7 Å². The van der Waals surface area contributed by atoms with E-state index in [-0.39, 0.29) is 0 Å². The van der Waals surface area contributed by atoms with Crippen molar-refractivity contribution in [3.8, 4) is 0 Å². The zero-order chi connectivity index (χ0) is 7.28. The molecular formula is C4H6F2NO2. The molecule has 0 aromatic carbocycles. The maximum absolute atomic E-state index is 11.8. The first-order chi connectivity index (χ1) is 4.16. The van der Waals surface area contributed by atoms with Gasteiger partial charge in [-0.3, -0.25) is 0 Å². The van der Waals surface area contributed by atoms with Crippen molar-refractivity contribution in [2.45, 2.75) is 6.17 Å². The van der Waals surface area contributed by atoms with Gasteiger partial charge in [0.2, 0.25) is 0 Å². The van der Waals surface area contributed by atoms with E-state index in [0.717, 1.165) is 0 Å². The normalized spacial score (nSPS) is 12.7. The van der Waals surface area contributed by atoms with Crippen LogP contribution in [0.3, 0.4) is 0 Å². The van der Waals surface area contributed by atoms with Crippen LogP contribution in [0.4, 0.5) is 13.6 Å². The molecule has 0 aromatic heterocycles. The summed E-state index contributed by atoms with van der Waals surface area (Å²) < 4.78 is 23.0. The zero-order valence-electron chi connectivity index (χ0n) is 4.56. The predicted molar refractivity (Wildman–Crippen MR) is 25.0 cm³/mol. The number of hydrogen-bond donors (Lipinski definition) is 1. The summed E-state index contributed by atoms with van der Waals surface area (Å²) in [5, 5.41) is 11.1. The van der Waals surface area contributed by atoms with Crippen LogP contribution in [-0.2, 0) is 5.11 Å². The van der Waals surface area contributed by atoms with Gasteiger partial charge in [-0.25, -0.2) is 18.7 Å². The number of carbonyl (C=O) groups is 1. The fourth-order valence-electron chi connectivity index (χ4n) is 0.249. The van der Waals surface area contributed by atoms with Crippen molar-refractivity contribution in [3.63, 3.8) is 0 Å². The molecular weight excluding hydrogens is 132 g/mol. The van der Waals surface area contributed by atoms with Crippen LogP contribution in [0.5, 0.6) is 0 Å². The largest absolute Gasteiger partial charge is 0.450 e. The Bertz CT molecular complexity index is 98.6. The number of hydrogen-bond acceptors (Lipinski definition) is 1. The Labute approximate surface area is 50.7 Å². The third kappa shape index (κ3) is 4.99. The van der Waals surface area contributed by atoms with Gasteiger partial charge in [0, 0.05) is 0 Å². The van der Waals surface area contributed by atoms with Crippen molar-refractivity contribution in [1.82, 2.24) is 5.32 Å². The van der Waals surface area contributed by atoms with Crippen molar-refractivity contribution >= 4 is 6.09 Å². The van der Waals surface area contributed by atoms with Gasteiger partial charge in [0.1, 0.15) is 12.8 Å². The molecule has 0 aliphatic rings. The summed E-state index contributed by atoms with van der Waals surface area (Å²) in [4.78, 5) is 9.51. The Kier molecular flexibility index (Phi) is 3.66. The lowest BCUT2D eigenvalue weighted by molar-refractivity contribution is 0.161. The van der Waals surface area contributed by atoms with E-state index < -0.39 is 25.5 Å². The molecule has 1 amide bonds. The van der Waals surface area contributed by atoms with Gasteiger partial charge in [-0.1, -0.05) is 0 Å². The lowest BCUT2D eigenvalue weighted by Crippen LogP contribution is -2.28. The fraction of sp³-hybridized carbons (Fsp3) is 0.750. The first-order valence-electron chi connectivity index (χ1n) is 2.31. The van der Waals surface area contributed by atoms with E-state index in [1.54, 1.807) is 5.32 Å². The molecule has 3 nitrogen and oxygen atoms in total. The molecule has 0 fully saturated rings. The third-order valence-electron chi connectivity index (χ3n) is 0.635. The molecule has 0 aliphatic heterocycles. The fourth-order valence-corrected chi connectivity index (χ4v) is 0.249. The minimum absolute atomic E-state index is 0.543. The van der Waals surface area contributed by atoms with Crippen molar-refractivity contribution in [2.24, 2.45) is 0 Å². The molecule has 0 heterocycles. The molecule has 9 heavy (non-hydrogen) atoms. The molecule has 1 N–H and O–H groups in total. The molecule has 0 spiro atoms. The minimum atomic E-state index is -1.76. The van der Waals surface area contributed by atoms with E-state index in [1.807, 2.05) is 0 Å². The topological polar surface area (TPSA) is 49.0 Å².